The lowest BCUT2D eigenvalue weighted by atomic mass is 9.96. The van der Waals surface area contributed by atoms with E-state index in [2.05, 4.69) is 15.9 Å². The molecule has 0 N–H and O–H groups in total. The van der Waals surface area contributed by atoms with Crippen LogP contribution in [0.5, 0.6) is 0 Å². The van der Waals surface area contributed by atoms with Gasteiger partial charge in [-0.25, -0.2) is 9.69 Å². The van der Waals surface area contributed by atoms with Gasteiger partial charge in [0.1, 0.15) is 12.6 Å². The molecule has 0 spiro atoms. The van der Waals surface area contributed by atoms with Crippen LogP contribution in [-0.2, 0) is 9.53 Å². The van der Waals surface area contributed by atoms with Crippen LogP contribution in [-0.4, -0.2) is 23.5 Å². The highest BCUT2D eigenvalue weighted by molar-refractivity contribution is 9.10. The number of ether oxygens (including phenoxy) is 1. The molecule has 1 fully saturated rings. The second-order valence-electron chi connectivity index (χ2n) is 5.93. The summed E-state index contributed by atoms with van der Waals surface area (Å²) in [5.41, 5.74) is 1.97. The quantitative estimate of drug-likeness (QED) is 0.765. The summed E-state index contributed by atoms with van der Waals surface area (Å²) in [6, 6.07) is 17.0. The van der Waals surface area contributed by atoms with E-state index in [1.54, 1.807) is 0 Å². The van der Waals surface area contributed by atoms with E-state index in [0.29, 0.717) is 0 Å². The maximum absolute atomic E-state index is 12.7. The molecule has 0 bridgehead atoms. The van der Waals surface area contributed by atoms with Gasteiger partial charge in [-0.15, -0.1) is 0 Å². The van der Waals surface area contributed by atoms with E-state index < -0.39 is 6.09 Å². The Balaban J connectivity index is 1.76. The van der Waals surface area contributed by atoms with E-state index in [9.17, 15) is 9.59 Å². The first-order valence-corrected chi connectivity index (χ1v) is 8.65. The smallest absolute Gasteiger partial charge is 0.417 e. The molecule has 0 aliphatic carbocycles. The highest BCUT2D eigenvalue weighted by atomic mass is 79.9. The minimum Gasteiger partial charge on any atom is -0.446 e. The average Bonchev–Trinajstić information content (AvgIpc) is 2.97. The highest BCUT2D eigenvalue weighted by Crippen LogP contribution is 2.30. The summed E-state index contributed by atoms with van der Waals surface area (Å²) in [6.07, 6.45) is -0.301. The lowest BCUT2D eigenvalue weighted by Crippen LogP contribution is -2.34. The first-order chi connectivity index (χ1) is 11.6. The Hall–Kier alpha value is -2.14. The fraction of sp³-hybridized carbons (Fsp3) is 0.263. The van der Waals surface area contributed by atoms with Crippen molar-refractivity contribution in [1.29, 1.82) is 0 Å². The number of carbonyl (C=O) groups is 2. The summed E-state index contributed by atoms with van der Waals surface area (Å²) in [6.45, 7) is 2.19. The number of hydrogen-bond acceptors (Lipinski definition) is 3. The molecule has 1 saturated heterocycles. The van der Waals surface area contributed by atoms with Crippen LogP contribution in [0.25, 0.3) is 0 Å². The Morgan fingerprint density at radius 3 is 2.71 bits per heavy atom. The van der Waals surface area contributed by atoms with Gasteiger partial charge in [0.05, 0.1) is 0 Å². The Morgan fingerprint density at radius 1 is 1.25 bits per heavy atom. The Bertz CT molecular complexity index is 747. The van der Waals surface area contributed by atoms with Crippen LogP contribution < -0.4 is 0 Å². The molecule has 2 amide bonds. The molecule has 4 nitrogen and oxygen atoms in total. The topological polar surface area (TPSA) is 46.6 Å². The standard InChI is InChI=1S/C19H18BrNO3/c1-13(15-8-5-9-16(20)11-15)10-18(22)21-17(12-24-19(21)23)14-6-3-2-4-7-14/h2-9,11,13,17H,10,12H2,1H3. The monoisotopic (exact) mass is 387 g/mol. The van der Waals surface area contributed by atoms with Gasteiger partial charge < -0.3 is 4.74 Å². The van der Waals surface area contributed by atoms with Crippen LogP contribution in [0.4, 0.5) is 4.79 Å². The number of halogens is 1. The van der Waals surface area contributed by atoms with E-state index in [4.69, 9.17) is 4.74 Å². The Labute approximate surface area is 149 Å². The molecule has 1 aliphatic heterocycles. The maximum atomic E-state index is 12.7. The van der Waals surface area contributed by atoms with E-state index >= 15 is 0 Å². The van der Waals surface area contributed by atoms with Crippen molar-refractivity contribution >= 4 is 27.9 Å². The lowest BCUT2D eigenvalue weighted by molar-refractivity contribution is -0.129. The summed E-state index contributed by atoms with van der Waals surface area (Å²) in [4.78, 5) is 26.0. The SMILES string of the molecule is CC(CC(=O)N1C(=O)OCC1c1ccccc1)c1cccc(Br)c1. The minimum atomic E-state index is -0.560. The zero-order chi connectivity index (χ0) is 17.1. The number of hydrogen-bond donors (Lipinski definition) is 0. The molecule has 5 heteroatoms. The van der Waals surface area contributed by atoms with Gasteiger partial charge in [-0.3, -0.25) is 4.79 Å². The van der Waals surface area contributed by atoms with Crippen molar-refractivity contribution in [1.82, 2.24) is 4.90 Å². The third-order valence-electron chi connectivity index (χ3n) is 4.22. The van der Waals surface area contributed by atoms with Crippen molar-refractivity contribution in [2.45, 2.75) is 25.3 Å². The highest BCUT2D eigenvalue weighted by Gasteiger charge is 2.39. The fourth-order valence-electron chi connectivity index (χ4n) is 2.91. The first kappa shape index (κ1) is 16.7. The average molecular weight is 388 g/mol. The number of nitrogens with zero attached hydrogens (tertiary/aromatic N) is 1. The second kappa shape index (κ2) is 7.18. The van der Waals surface area contributed by atoms with Gasteiger partial charge in [-0.1, -0.05) is 65.3 Å². The molecule has 24 heavy (non-hydrogen) atoms. The third kappa shape index (κ3) is 3.51. The number of carbonyl (C=O) groups excluding carboxylic acids is 2. The zero-order valence-corrected chi connectivity index (χ0v) is 14.9. The van der Waals surface area contributed by atoms with Gasteiger partial charge in [0, 0.05) is 10.9 Å². The molecular weight excluding hydrogens is 370 g/mol. The minimum absolute atomic E-state index is 0.0137. The summed E-state index contributed by atoms with van der Waals surface area (Å²) in [7, 11) is 0. The summed E-state index contributed by atoms with van der Waals surface area (Å²) < 4.78 is 6.09. The predicted molar refractivity (Wildman–Crippen MR) is 94.6 cm³/mol. The third-order valence-corrected chi connectivity index (χ3v) is 4.72. The number of imide groups is 1. The van der Waals surface area contributed by atoms with Crippen molar-refractivity contribution in [3.05, 3.63) is 70.2 Å². The molecule has 124 valence electrons. The predicted octanol–water partition coefficient (Wildman–Crippen LogP) is 4.66. The number of amides is 2. The Morgan fingerprint density at radius 2 is 2.00 bits per heavy atom. The van der Waals surface area contributed by atoms with Crippen LogP contribution in [0.15, 0.2) is 59.1 Å². The first-order valence-electron chi connectivity index (χ1n) is 7.85. The second-order valence-corrected chi connectivity index (χ2v) is 6.84. The molecule has 1 heterocycles. The molecule has 0 saturated carbocycles. The van der Waals surface area contributed by atoms with E-state index in [0.717, 1.165) is 15.6 Å². The zero-order valence-electron chi connectivity index (χ0n) is 13.3. The molecule has 2 unspecified atom stereocenters. The molecule has 1 aliphatic rings. The summed E-state index contributed by atoms with van der Waals surface area (Å²) in [5.74, 6) is -0.196. The van der Waals surface area contributed by atoms with Gasteiger partial charge in [0.25, 0.3) is 0 Å². The molecule has 0 radical (unpaired) electrons. The molecule has 3 rings (SSSR count). The summed E-state index contributed by atoms with van der Waals surface area (Å²) in [5, 5.41) is 0. The van der Waals surface area contributed by atoms with Gasteiger partial charge in [-0.2, -0.15) is 0 Å². The molecule has 2 aromatic rings. The van der Waals surface area contributed by atoms with Crippen LogP contribution in [0.1, 0.15) is 36.4 Å². The number of cyclic esters (lactones) is 1. The molecular formula is C19H18BrNO3. The van der Waals surface area contributed by atoms with Crippen molar-refractivity contribution in [3.63, 3.8) is 0 Å². The van der Waals surface area contributed by atoms with Gasteiger partial charge in [-0.05, 0) is 29.2 Å². The Kier molecular flexibility index (Phi) is 5.00. The molecule has 2 aromatic carbocycles. The van der Waals surface area contributed by atoms with E-state index in [-0.39, 0.29) is 30.9 Å². The van der Waals surface area contributed by atoms with Gasteiger partial charge in [0.2, 0.25) is 5.91 Å². The van der Waals surface area contributed by atoms with Crippen molar-refractivity contribution < 1.29 is 14.3 Å². The van der Waals surface area contributed by atoms with E-state index in [1.165, 1.54) is 4.90 Å². The van der Waals surface area contributed by atoms with Gasteiger partial charge >= 0.3 is 6.09 Å². The van der Waals surface area contributed by atoms with Crippen LogP contribution in [0.3, 0.4) is 0 Å². The number of benzene rings is 2. The lowest BCUT2D eigenvalue weighted by Gasteiger charge is -2.22. The normalized spacial score (nSPS) is 18.3. The largest absolute Gasteiger partial charge is 0.446 e. The number of rotatable bonds is 4. The van der Waals surface area contributed by atoms with Crippen molar-refractivity contribution in [2.24, 2.45) is 0 Å². The molecule has 2 atom stereocenters. The van der Waals surface area contributed by atoms with Crippen LogP contribution >= 0.6 is 15.9 Å². The summed E-state index contributed by atoms with van der Waals surface area (Å²) >= 11 is 3.44. The maximum Gasteiger partial charge on any atom is 0.417 e. The van der Waals surface area contributed by atoms with Gasteiger partial charge in [0.15, 0.2) is 0 Å². The van der Waals surface area contributed by atoms with E-state index in [1.807, 2.05) is 61.5 Å². The van der Waals surface area contributed by atoms with Crippen LogP contribution in [0, 0.1) is 0 Å². The van der Waals surface area contributed by atoms with Crippen molar-refractivity contribution in [3.8, 4) is 0 Å². The fourth-order valence-corrected chi connectivity index (χ4v) is 3.33. The molecule has 0 aromatic heterocycles. The van der Waals surface area contributed by atoms with Crippen LogP contribution in [0.2, 0.25) is 0 Å². The van der Waals surface area contributed by atoms with Crippen molar-refractivity contribution in [2.75, 3.05) is 6.61 Å².